The van der Waals surface area contributed by atoms with Gasteiger partial charge >= 0.3 is 0 Å². The fourth-order valence-corrected chi connectivity index (χ4v) is 4.78. The van der Waals surface area contributed by atoms with Gasteiger partial charge in [0.2, 0.25) is 0 Å². The number of thioether (sulfide) groups is 1. The highest BCUT2D eigenvalue weighted by Crippen LogP contribution is 2.30. The van der Waals surface area contributed by atoms with Crippen molar-refractivity contribution < 1.29 is 8.42 Å². The number of hydrogen-bond donors (Lipinski definition) is 1. The summed E-state index contributed by atoms with van der Waals surface area (Å²) >= 11 is 8.95. The third-order valence-electron chi connectivity index (χ3n) is 2.90. The van der Waals surface area contributed by atoms with Gasteiger partial charge in [-0.15, -0.1) is 11.3 Å². The molecule has 2 aromatic carbocycles. The van der Waals surface area contributed by atoms with Gasteiger partial charge in [0.25, 0.3) is 10.0 Å². The second-order valence-electron chi connectivity index (χ2n) is 4.43. The van der Waals surface area contributed by atoms with E-state index in [1.807, 2.05) is 6.26 Å². The second-order valence-corrected chi connectivity index (χ2v) is 8.63. The Morgan fingerprint density at radius 1 is 1.23 bits per heavy atom. The Hall–Kier alpha value is -1.28. The molecule has 8 heteroatoms. The van der Waals surface area contributed by atoms with Crippen molar-refractivity contribution in [1.29, 1.82) is 0 Å². The number of benzene rings is 2. The van der Waals surface area contributed by atoms with Crippen LogP contribution in [0.15, 0.2) is 51.7 Å². The van der Waals surface area contributed by atoms with Crippen LogP contribution in [0, 0.1) is 0 Å². The van der Waals surface area contributed by atoms with Gasteiger partial charge in [-0.05, 0) is 42.7 Å². The van der Waals surface area contributed by atoms with Gasteiger partial charge < -0.3 is 0 Å². The second kappa shape index (κ2) is 6.08. The number of rotatable bonds is 4. The number of thiazole rings is 1. The van der Waals surface area contributed by atoms with Crippen LogP contribution in [0.3, 0.4) is 0 Å². The first-order chi connectivity index (χ1) is 10.5. The lowest BCUT2D eigenvalue weighted by Gasteiger charge is -2.08. The SMILES string of the molecule is CSc1nc2ccc(NS(=O)(=O)c3cccc(Cl)c3)cc2s1. The molecule has 0 radical (unpaired) electrons. The molecule has 0 amide bonds. The van der Waals surface area contributed by atoms with Gasteiger partial charge in [0.05, 0.1) is 20.8 Å². The summed E-state index contributed by atoms with van der Waals surface area (Å²) in [5.41, 5.74) is 1.36. The molecular weight excluding hydrogens is 360 g/mol. The van der Waals surface area contributed by atoms with E-state index < -0.39 is 10.0 Å². The van der Waals surface area contributed by atoms with Crippen molar-refractivity contribution >= 4 is 60.6 Å². The predicted molar refractivity (Wildman–Crippen MR) is 93.7 cm³/mol. The Morgan fingerprint density at radius 2 is 2.05 bits per heavy atom. The molecule has 1 N–H and O–H groups in total. The maximum atomic E-state index is 12.4. The highest BCUT2D eigenvalue weighted by atomic mass is 35.5. The van der Waals surface area contributed by atoms with E-state index in [0.717, 1.165) is 14.6 Å². The zero-order valence-corrected chi connectivity index (χ0v) is 14.6. The maximum absolute atomic E-state index is 12.4. The third-order valence-corrected chi connectivity index (χ3v) is 6.52. The van der Waals surface area contributed by atoms with Crippen LogP contribution < -0.4 is 4.72 Å². The number of halogens is 1. The summed E-state index contributed by atoms with van der Waals surface area (Å²) in [4.78, 5) is 4.56. The molecule has 0 fully saturated rings. The Morgan fingerprint density at radius 3 is 2.77 bits per heavy atom. The van der Waals surface area contributed by atoms with Crippen LogP contribution in [-0.2, 0) is 10.0 Å². The molecule has 0 aliphatic rings. The predicted octanol–water partition coefficient (Wildman–Crippen LogP) is 4.47. The zero-order chi connectivity index (χ0) is 15.7. The molecule has 0 unspecified atom stereocenters. The van der Waals surface area contributed by atoms with Crippen molar-refractivity contribution in [3.05, 3.63) is 47.5 Å². The zero-order valence-electron chi connectivity index (χ0n) is 11.4. The van der Waals surface area contributed by atoms with Gasteiger partial charge in [-0.25, -0.2) is 13.4 Å². The summed E-state index contributed by atoms with van der Waals surface area (Å²) in [5.74, 6) is 0. The number of anilines is 1. The lowest BCUT2D eigenvalue weighted by Crippen LogP contribution is -2.12. The number of nitrogens with zero attached hydrogens (tertiary/aromatic N) is 1. The van der Waals surface area contributed by atoms with Gasteiger partial charge in [0, 0.05) is 5.02 Å². The van der Waals surface area contributed by atoms with E-state index in [2.05, 4.69) is 9.71 Å². The summed E-state index contributed by atoms with van der Waals surface area (Å²) < 4.78 is 29.2. The smallest absolute Gasteiger partial charge is 0.261 e. The molecule has 3 aromatic rings. The first-order valence-corrected chi connectivity index (χ1v) is 10.1. The number of hydrogen-bond acceptors (Lipinski definition) is 5. The molecule has 0 spiro atoms. The Bertz CT molecular complexity index is 938. The van der Waals surface area contributed by atoms with E-state index >= 15 is 0 Å². The molecule has 0 saturated carbocycles. The number of sulfonamides is 1. The molecule has 1 aromatic heterocycles. The van der Waals surface area contributed by atoms with Crippen LogP contribution >= 0.6 is 34.7 Å². The minimum absolute atomic E-state index is 0.134. The molecular formula is C14H11ClN2O2S3. The summed E-state index contributed by atoms with van der Waals surface area (Å²) in [6.07, 6.45) is 1.96. The molecule has 0 bridgehead atoms. The quantitative estimate of drug-likeness (QED) is 0.688. The molecule has 3 rings (SSSR count). The molecule has 114 valence electrons. The van der Waals surface area contributed by atoms with Crippen LogP contribution in [0.5, 0.6) is 0 Å². The van der Waals surface area contributed by atoms with Gasteiger partial charge in [-0.2, -0.15) is 0 Å². The first kappa shape index (κ1) is 15.6. The summed E-state index contributed by atoms with van der Waals surface area (Å²) in [6.45, 7) is 0. The van der Waals surface area contributed by atoms with Gasteiger partial charge in [-0.1, -0.05) is 29.4 Å². The van der Waals surface area contributed by atoms with E-state index in [-0.39, 0.29) is 4.90 Å². The molecule has 0 atom stereocenters. The van der Waals surface area contributed by atoms with E-state index in [4.69, 9.17) is 11.6 Å². The standard InChI is InChI=1S/C14H11ClN2O2S3/c1-20-14-16-12-6-5-10(8-13(12)21-14)17-22(18,19)11-4-2-3-9(15)7-11/h2-8,17H,1H3. The van der Waals surface area contributed by atoms with Gasteiger partial charge in [0.1, 0.15) is 0 Å². The van der Waals surface area contributed by atoms with Crippen LogP contribution in [-0.4, -0.2) is 19.7 Å². The fourth-order valence-electron chi connectivity index (χ4n) is 1.90. The highest BCUT2D eigenvalue weighted by Gasteiger charge is 2.15. The third kappa shape index (κ3) is 3.22. The van der Waals surface area contributed by atoms with E-state index in [1.165, 1.54) is 23.5 Å². The molecule has 0 aliphatic heterocycles. The van der Waals surface area contributed by atoms with Crippen molar-refractivity contribution in [2.75, 3.05) is 11.0 Å². The topological polar surface area (TPSA) is 59.1 Å². The van der Waals surface area contributed by atoms with Crippen molar-refractivity contribution in [2.45, 2.75) is 9.24 Å². The molecule has 0 saturated heterocycles. The minimum atomic E-state index is -3.66. The molecule has 1 heterocycles. The molecule has 22 heavy (non-hydrogen) atoms. The summed E-state index contributed by atoms with van der Waals surface area (Å²) in [7, 11) is -3.66. The molecule has 0 aliphatic carbocycles. The van der Waals surface area contributed by atoms with Crippen molar-refractivity contribution in [1.82, 2.24) is 4.98 Å². The van der Waals surface area contributed by atoms with Gasteiger partial charge in [-0.3, -0.25) is 4.72 Å². The van der Waals surface area contributed by atoms with E-state index in [1.54, 1.807) is 42.1 Å². The fraction of sp³-hybridized carbons (Fsp3) is 0.0714. The van der Waals surface area contributed by atoms with E-state index in [0.29, 0.717) is 10.7 Å². The van der Waals surface area contributed by atoms with Gasteiger partial charge in [0.15, 0.2) is 4.34 Å². The van der Waals surface area contributed by atoms with Crippen LogP contribution in [0.2, 0.25) is 5.02 Å². The first-order valence-electron chi connectivity index (χ1n) is 6.21. The monoisotopic (exact) mass is 370 g/mol. The van der Waals surface area contributed by atoms with Crippen molar-refractivity contribution in [2.24, 2.45) is 0 Å². The van der Waals surface area contributed by atoms with E-state index in [9.17, 15) is 8.42 Å². The average molecular weight is 371 g/mol. The highest BCUT2D eigenvalue weighted by molar-refractivity contribution is 8.00. The average Bonchev–Trinajstić information content (AvgIpc) is 2.89. The lowest BCUT2D eigenvalue weighted by molar-refractivity contribution is 0.601. The largest absolute Gasteiger partial charge is 0.280 e. The normalized spacial score (nSPS) is 11.7. The van der Waals surface area contributed by atoms with Crippen LogP contribution in [0.25, 0.3) is 10.2 Å². The van der Waals surface area contributed by atoms with Crippen molar-refractivity contribution in [3.8, 4) is 0 Å². The summed E-state index contributed by atoms with van der Waals surface area (Å²) in [6, 6.07) is 11.5. The Labute approximate surface area is 141 Å². The number of nitrogens with one attached hydrogen (secondary N) is 1. The Balaban J connectivity index is 1.94. The summed E-state index contributed by atoms with van der Waals surface area (Å²) in [5, 5.41) is 0.380. The molecule has 4 nitrogen and oxygen atoms in total. The number of aromatic nitrogens is 1. The Kier molecular flexibility index (Phi) is 4.31. The maximum Gasteiger partial charge on any atom is 0.261 e. The minimum Gasteiger partial charge on any atom is -0.280 e. The lowest BCUT2D eigenvalue weighted by atomic mass is 10.3. The number of fused-ring (bicyclic) bond motifs is 1. The van der Waals surface area contributed by atoms with Crippen LogP contribution in [0.4, 0.5) is 5.69 Å². The van der Waals surface area contributed by atoms with Crippen LogP contribution in [0.1, 0.15) is 0 Å². The van der Waals surface area contributed by atoms with Crippen molar-refractivity contribution in [3.63, 3.8) is 0 Å².